The number of aromatic nitrogens is 1. The molecule has 40 heavy (non-hydrogen) atoms. The fraction of sp³-hybridized carbons (Fsp3) is 0.118. The number of halogens is 2. The summed E-state index contributed by atoms with van der Waals surface area (Å²) in [6.45, 7) is 4.05. The summed E-state index contributed by atoms with van der Waals surface area (Å²) in [6, 6.07) is 34.4. The van der Waals surface area contributed by atoms with Gasteiger partial charge in [0.25, 0.3) is 0 Å². The molecule has 0 aliphatic heterocycles. The number of hydrogen-bond donors (Lipinski definition) is 0. The SMILES string of the molecule is CC(=Nc1ccc2c(c1)Cc1ccccc1-2)c1ccc(C(C)=Nc2ccc3c(c2)Cc2ccccc2-3)[n-]1.[Cl][Fe+][Cl]. The summed E-state index contributed by atoms with van der Waals surface area (Å²) in [6.07, 6.45) is 1.94. The van der Waals surface area contributed by atoms with Crippen LogP contribution in [0.4, 0.5) is 11.4 Å². The van der Waals surface area contributed by atoms with Gasteiger partial charge in [-0.3, -0.25) is 9.98 Å². The van der Waals surface area contributed by atoms with Gasteiger partial charge in [-0.15, -0.1) is 11.4 Å². The second kappa shape index (κ2) is 11.6. The van der Waals surface area contributed by atoms with Gasteiger partial charge in [-0.05, 0) is 95.5 Å². The van der Waals surface area contributed by atoms with Crippen molar-refractivity contribution in [3.63, 3.8) is 0 Å². The van der Waals surface area contributed by atoms with Crippen LogP contribution in [-0.4, -0.2) is 11.4 Å². The van der Waals surface area contributed by atoms with Gasteiger partial charge in [0.2, 0.25) is 0 Å². The topological polar surface area (TPSA) is 38.8 Å². The van der Waals surface area contributed by atoms with Crippen molar-refractivity contribution in [2.45, 2.75) is 26.7 Å². The van der Waals surface area contributed by atoms with Gasteiger partial charge in [0.1, 0.15) is 0 Å². The predicted octanol–water partition coefficient (Wildman–Crippen LogP) is 9.44. The maximum atomic E-state index is 4.90. The first-order chi connectivity index (χ1) is 19.5. The van der Waals surface area contributed by atoms with Crippen molar-refractivity contribution in [1.82, 2.24) is 4.98 Å². The van der Waals surface area contributed by atoms with Gasteiger partial charge >= 0.3 is 33.3 Å². The van der Waals surface area contributed by atoms with Crippen molar-refractivity contribution in [2.75, 3.05) is 0 Å². The second-order valence-corrected chi connectivity index (χ2v) is 11.8. The third kappa shape index (κ3) is 5.33. The molecule has 0 saturated carbocycles. The first kappa shape index (κ1) is 26.8. The Morgan fingerprint density at radius 2 is 0.975 bits per heavy atom. The van der Waals surface area contributed by atoms with Gasteiger partial charge in [-0.25, -0.2) is 0 Å². The summed E-state index contributed by atoms with van der Waals surface area (Å²) < 4.78 is 0. The molecule has 2 aliphatic rings. The Bertz CT molecular complexity index is 1660. The Morgan fingerprint density at radius 1 is 0.575 bits per heavy atom. The van der Waals surface area contributed by atoms with E-state index in [-0.39, 0.29) is 13.1 Å². The van der Waals surface area contributed by atoms with E-state index >= 15 is 0 Å². The van der Waals surface area contributed by atoms with Crippen LogP contribution >= 0.6 is 20.2 Å². The Hall–Kier alpha value is -3.40. The van der Waals surface area contributed by atoms with Crippen LogP contribution in [0.2, 0.25) is 0 Å². The van der Waals surface area contributed by atoms with Crippen molar-refractivity contribution in [1.29, 1.82) is 0 Å². The molecular formula is C34H26Cl2FeN3. The fourth-order valence-electron chi connectivity index (χ4n) is 5.67. The molecule has 0 atom stereocenters. The van der Waals surface area contributed by atoms with Crippen LogP contribution < -0.4 is 4.98 Å². The van der Waals surface area contributed by atoms with Gasteiger partial charge in [-0.1, -0.05) is 72.8 Å². The standard InChI is InChI=1S/C34H26N3.2ClH.Fe/c1-21(35-27-11-13-31-25(19-27)17-23-7-3-5-9-29(23)31)33-15-16-34(37-33)22(2)36-28-12-14-32-26(20-28)18-24-8-4-6-10-30(24)32;;;/h3-16,19-20H,17-18H2,1-2H3;2*1H;/q-1;;;+3/p-2. The third-order valence-corrected chi connectivity index (χ3v) is 7.53. The minimum atomic E-state index is 0.194. The Morgan fingerprint density at radius 3 is 1.43 bits per heavy atom. The predicted molar refractivity (Wildman–Crippen MR) is 165 cm³/mol. The summed E-state index contributed by atoms with van der Waals surface area (Å²) >= 11 is 0.194. The molecule has 1 aromatic heterocycles. The molecule has 0 amide bonds. The first-order valence-electron chi connectivity index (χ1n) is 13.1. The molecule has 3 nitrogen and oxygen atoms in total. The van der Waals surface area contributed by atoms with E-state index in [9.17, 15) is 0 Å². The summed E-state index contributed by atoms with van der Waals surface area (Å²) in [5, 5.41) is 0. The van der Waals surface area contributed by atoms with E-state index in [1.807, 2.05) is 26.0 Å². The molecule has 6 heteroatoms. The molecule has 7 rings (SSSR count). The quantitative estimate of drug-likeness (QED) is 0.146. The molecule has 0 fully saturated rings. The van der Waals surface area contributed by atoms with E-state index in [0.29, 0.717) is 0 Å². The number of rotatable bonds is 4. The molecular weight excluding hydrogens is 577 g/mol. The molecule has 2 aliphatic carbocycles. The van der Waals surface area contributed by atoms with Gasteiger partial charge in [0.15, 0.2) is 0 Å². The third-order valence-electron chi connectivity index (χ3n) is 7.53. The van der Waals surface area contributed by atoms with E-state index in [0.717, 1.165) is 47.0 Å². The molecule has 199 valence electrons. The normalized spacial score (nSPS) is 13.2. The van der Waals surface area contributed by atoms with Crippen molar-refractivity contribution < 1.29 is 13.1 Å². The minimum absolute atomic E-state index is 0.194. The zero-order valence-corrected chi connectivity index (χ0v) is 24.7. The van der Waals surface area contributed by atoms with Crippen LogP contribution in [0.25, 0.3) is 22.3 Å². The van der Waals surface area contributed by atoms with Crippen LogP contribution in [0.5, 0.6) is 0 Å². The molecule has 0 N–H and O–H groups in total. The molecule has 0 spiro atoms. The van der Waals surface area contributed by atoms with Crippen molar-refractivity contribution >= 4 is 43.0 Å². The number of hydrogen-bond acceptors (Lipinski definition) is 2. The van der Waals surface area contributed by atoms with Crippen LogP contribution in [0.15, 0.2) is 107 Å². The summed E-state index contributed by atoms with van der Waals surface area (Å²) in [4.78, 5) is 14.6. The summed E-state index contributed by atoms with van der Waals surface area (Å²) in [5.74, 6) is 0. The van der Waals surface area contributed by atoms with Crippen LogP contribution in [0, 0.1) is 0 Å². The summed E-state index contributed by atoms with van der Waals surface area (Å²) in [5.41, 5.74) is 16.3. The number of benzene rings is 4. The van der Waals surface area contributed by atoms with Gasteiger partial charge in [0, 0.05) is 11.4 Å². The molecule has 0 bridgehead atoms. The monoisotopic (exact) mass is 602 g/mol. The van der Waals surface area contributed by atoms with Crippen molar-refractivity contribution in [3.05, 3.63) is 131 Å². The number of fused-ring (bicyclic) bond motifs is 6. The van der Waals surface area contributed by atoms with Crippen molar-refractivity contribution in [2.24, 2.45) is 9.98 Å². The molecule has 5 aromatic rings. The van der Waals surface area contributed by atoms with E-state index in [1.165, 1.54) is 44.5 Å². The van der Waals surface area contributed by atoms with Gasteiger partial charge < -0.3 is 4.98 Å². The van der Waals surface area contributed by atoms with E-state index in [4.69, 9.17) is 35.2 Å². The zero-order valence-electron chi connectivity index (χ0n) is 22.1. The fourth-order valence-corrected chi connectivity index (χ4v) is 5.67. The Kier molecular flexibility index (Phi) is 7.78. The average molecular weight is 603 g/mol. The Balaban J connectivity index is 0.000000925. The van der Waals surface area contributed by atoms with Crippen LogP contribution in [-0.2, 0) is 26.0 Å². The Labute approximate surface area is 249 Å². The van der Waals surface area contributed by atoms with E-state index in [2.05, 4.69) is 84.9 Å². The van der Waals surface area contributed by atoms with Gasteiger partial charge in [0.05, 0.1) is 11.4 Å². The summed E-state index contributed by atoms with van der Waals surface area (Å²) in [7, 11) is 9.53. The molecule has 0 saturated heterocycles. The van der Waals surface area contributed by atoms with Crippen molar-refractivity contribution in [3.8, 4) is 22.3 Å². The van der Waals surface area contributed by atoms with E-state index < -0.39 is 0 Å². The maximum absolute atomic E-state index is 4.90. The van der Waals surface area contributed by atoms with E-state index in [1.54, 1.807) is 0 Å². The zero-order chi connectivity index (χ0) is 27.6. The molecule has 4 aromatic carbocycles. The van der Waals surface area contributed by atoms with Crippen LogP contribution in [0.1, 0.15) is 47.5 Å². The number of nitrogens with zero attached hydrogens (tertiary/aromatic N) is 3. The molecule has 0 unspecified atom stereocenters. The van der Waals surface area contributed by atoms with Gasteiger partial charge in [-0.2, -0.15) is 0 Å². The van der Waals surface area contributed by atoms with Crippen LogP contribution in [0.3, 0.4) is 0 Å². The molecule has 1 heterocycles. The molecule has 0 radical (unpaired) electrons. The average Bonchev–Trinajstić information content (AvgIpc) is 3.68. The number of aliphatic imine (C=N–C) groups is 2. The second-order valence-electron chi connectivity index (χ2n) is 10.0. The first-order valence-corrected chi connectivity index (χ1v) is 16.1.